The van der Waals surface area contributed by atoms with Gasteiger partial charge in [0.05, 0.1) is 0 Å². The standard InChI is InChI=1S/C13H17F2N/c1-9(10-5-7-16-8-6-10)11-3-2-4-12(14)13(11)15/h2-4,9-10,16H,5-8H2,1H3. The molecule has 0 aromatic heterocycles. The second-order valence-corrected chi connectivity index (χ2v) is 4.52. The molecule has 1 fully saturated rings. The lowest BCUT2D eigenvalue weighted by Crippen LogP contribution is -2.30. The molecule has 1 aliphatic heterocycles. The van der Waals surface area contributed by atoms with E-state index < -0.39 is 11.6 Å². The Bertz CT molecular complexity index is 359. The van der Waals surface area contributed by atoms with Crippen LogP contribution >= 0.6 is 0 Å². The lowest BCUT2D eigenvalue weighted by molar-refractivity contribution is 0.323. The Morgan fingerprint density at radius 1 is 1.25 bits per heavy atom. The third kappa shape index (κ3) is 2.24. The first-order valence-electron chi connectivity index (χ1n) is 5.84. The van der Waals surface area contributed by atoms with Crippen LogP contribution in [0.3, 0.4) is 0 Å². The van der Waals surface area contributed by atoms with Crippen LogP contribution in [-0.4, -0.2) is 13.1 Å². The smallest absolute Gasteiger partial charge is 0.162 e. The molecule has 1 heterocycles. The molecule has 1 aliphatic rings. The van der Waals surface area contributed by atoms with E-state index in [4.69, 9.17) is 0 Å². The molecule has 0 saturated carbocycles. The quantitative estimate of drug-likeness (QED) is 0.815. The minimum absolute atomic E-state index is 0.0952. The first-order chi connectivity index (χ1) is 7.70. The third-order valence-electron chi connectivity index (χ3n) is 3.56. The average molecular weight is 225 g/mol. The van der Waals surface area contributed by atoms with Crippen LogP contribution < -0.4 is 5.32 Å². The summed E-state index contributed by atoms with van der Waals surface area (Å²) in [6, 6.07) is 4.46. The minimum Gasteiger partial charge on any atom is -0.317 e. The largest absolute Gasteiger partial charge is 0.317 e. The maximum absolute atomic E-state index is 13.6. The highest BCUT2D eigenvalue weighted by Crippen LogP contribution is 2.32. The zero-order chi connectivity index (χ0) is 11.5. The molecule has 0 radical (unpaired) electrons. The van der Waals surface area contributed by atoms with E-state index in [1.165, 1.54) is 6.07 Å². The Hall–Kier alpha value is -0.960. The molecule has 2 rings (SSSR count). The third-order valence-corrected chi connectivity index (χ3v) is 3.56. The molecule has 1 atom stereocenters. The lowest BCUT2D eigenvalue weighted by Gasteiger charge is -2.28. The van der Waals surface area contributed by atoms with Crippen molar-refractivity contribution in [2.45, 2.75) is 25.7 Å². The summed E-state index contributed by atoms with van der Waals surface area (Å²) in [5.74, 6) is -0.859. The molecule has 1 nitrogen and oxygen atoms in total. The molecule has 0 bridgehead atoms. The summed E-state index contributed by atoms with van der Waals surface area (Å²) in [5, 5.41) is 3.28. The van der Waals surface area contributed by atoms with E-state index in [-0.39, 0.29) is 5.92 Å². The highest BCUT2D eigenvalue weighted by Gasteiger charge is 2.24. The molecule has 16 heavy (non-hydrogen) atoms. The van der Waals surface area contributed by atoms with Gasteiger partial charge in [-0.15, -0.1) is 0 Å². The van der Waals surface area contributed by atoms with Crippen LogP contribution in [-0.2, 0) is 0 Å². The Kier molecular flexibility index (Phi) is 3.54. The summed E-state index contributed by atoms with van der Waals surface area (Å²) in [6.45, 7) is 3.95. The van der Waals surface area contributed by atoms with Gasteiger partial charge in [-0.3, -0.25) is 0 Å². The van der Waals surface area contributed by atoms with Crippen molar-refractivity contribution in [3.8, 4) is 0 Å². The SMILES string of the molecule is CC(c1cccc(F)c1F)C1CCNCC1. The number of rotatable bonds is 2. The van der Waals surface area contributed by atoms with Crippen LogP contribution in [0.1, 0.15) is 31.2 Å². The molecule has 1 aromatic carbocycles. The van der Waals surface area contributed by atoms with Crippen LogP contribution in [0.4, 0.5) is 8.78 Å². The summed E-state index contributed by atoms with van der Waals surface area (Å²) in [6.07, 6.45) is 2.08. The summed E-state index contributed by atoms with van der Waals surface area (Å²) < 4.78 is 26.7. The predicted molar refractivity (Wildman–Crippen MR) is 60.4 cm³/mol. The summed E-state index contributed by atoms with van der Waals surface area (Å²) in [4.78, 5) is 0. The average Bonchev–Trinajstić information content (AvgIpc) is 2.33. The maximum Gasteiger partial charge on any atom is 0.162 e. The first-order valence-corrected chi connectivity index (χ1v) is 5.84. The fraction of sp³-hybridized carbons (Fsp3) is 0.538. The fourth-order valence-electron chi connectivity index (χ4n) is 2.47. The topological polar surface area (TPSA) is 12.0 Å². The lowest BCUT2D eigenvalue weighted by atomic mass is 9.81. The molecule has 0 spiro atoms. The van der Waals surface area contributed by atoms with Crippen molar-refractivity contribution in [3.05, 3.63) is 35.4 Å². The van der Waals surface area contributed by atoms with Gasteiger partial charge in [-0.25, -0.2) is 8.78 Å². The van der Waals surface area contributed by atoms with Gasteiger partial charge in [-0.2, -0.15) is 0 Å². The van der Waals surface area contributed by atoms with Gasteiger partial charge in [0.25, 0.3) is 0 Å². The summed E-state index contributed by atoms with van der Waals surface area (Å²) in [5.41, 5.74) is 0.520. The Morgan fingerprint density at radius 3 is 2.62 bits per heavy atom. The van der Waals surface area contributed by atoms with Crippen molar-refractivity contribution < 1.29 is 8.78 Å². The van der Waals surface area contributed by atoms with E-state index in [0.717, 1.165) is 25.9 Å². The zero-order valence-corrected chi connectivity index (χ0v) is 9.47. The van der Waals surface area contributed by atoms with Crippen LogP contribution in [0.2, 0.25) is 0 Å². The molecule has 1 saturated heterocycles. The van der Waals surface area contributed by atoms with E-state index in [1.54, 1.807) is 12.1 Å². The molecule has 1 N–H and O–H groups in total. The van der Waals surface area contributed by atoms with Gasteiger partial charge in [-0.1, -0.05) is 19.1 Å². The highest BCUT2D eigenvalue weighted by molar-refractivity contribution is 5.23. The minimum atomic E-state index is -0.738. The van der Waals surface area contributed by atoms with Crippen LogP contribution in [0, 0.1) is 17.6 Å². The Labute approximate surface area is 94.9 Å². The Balaban J connectivity index is 2.19. The van der Waals surface area contributed by atoms with Crippen LogP contribution in [0.25, 0.3) is 0 Å². The predicted octanol–water partition coefficient (Wildman–Crippen LogP) is 3.07. The van der Waals surface area contributed by atoms with Crippen molar-refractivity contribution in [1.82, 2.24) is 5.32 Å². The number of halogens is 2. The Morgan fingerprint density at radius 2 is 1.94 bits per heavy atom. The summed E-state index contributed by atoms with van der Waals surface area (Å²) >= 11 is 0. The molecule has 88 valence electrons. The van der Waals surface area contributed by atoms with Gasteiger partial charge in [0.15, 0.2) is 11.6 Å². The number of piperidine rings is 1. The van der Waals surface area contributed by atoms with E-state index in [2.05, 4.69) is 5.32 Å². The van der Waals surface area contributed by atoms with Crippen molar-refractivity contribution >= 4 is 0 Å². The molecular weight excluding hydrogens is 208 g/mol. The number of benzene rings is 1. The van der Waals surface area contributed by atoms with Gasteiger partial charge in [0, 0.05) is 0 Å². The maximum atomic E-state index is 13.6. The summed E-state index contributed by atoms with van der Waals surface area (Å²) in [7, 11) is 0. The van der Waals surface area contributed by atoms with Gasteiger partial charge in [0.1, 0.15) is 0 Å². The molecule has 0 amide bonds. The fourth-order valence-corrected chi connectivity index (χ4v) is 2.47. The van der Waals surface area contributed by atoms with E-state index >= 15 is 0 Å². The van der Waals surface area contributed by atoms with Crippen LogP contribution in [0.5, 0.6) is 0 Å². The van der Waals surface area contributed by atoms with E-state index in [1.807, 2.05) is 6.92 Å². The molecule has 1 aromatic rings. The second kappa shape index (κ2) is 4.91. The molecular formula is C13H17F2N. The number of nitrogens with one attached hydrogen (secondary N) is 1. The molecule has 3 heteroatoms. The van der Waals surface area contributed by atoms with Crippen molar-refractivity contribution in [1.29, 1.82) is 0 Å². The van der Waals surface area contributed by atoms with Crippen molar-refractivity contribution in [2.24, 2.45) is 5.92 Å². The van der Waals surface area contributed by atoms with Gasteiger partial charge < -0.3 is 5.32 Å². The van der Waals surface area contributed by atoms with Gasteiger partial charge >= 0.3 is 0 Å². The zero-order valence-electron chi connectivity index (χ0n) is 9.47. The highest BCUT2D eigenvalue weighted by atomic mass is 19.2. The van der Waals surface area contributed by atoms with Crippen molar-refractivity contribution in [3.63, 3.8) is 0 Å². The molecule has 0 aliphatic carbocycles. The van der Waals surface area contributed by atoms with E-state index in [0.29, 0.717) is 11.5 Å². The first kappa shape index (κ1) is 11.5. The normalized spacial score (nSPS) is 19.7. The number of hydrogen-bond donors (Lipinski definition) is 1. The van der Waals surface area contributed by atoms with Gasteiger partial charge in [-0.05, 0) is 49.4 Å². The monoisotopic (exact) mass is 225 g/mol. The van der Waals surface area contributed by atoms with E-state index in [9.17, 15) is 8.78 Å². The van der Waals surface area contributed by atoms with Gasteiger partial charge in [0.2, 0.25) is 0 Å². The van der Waals surface area contributed by atoms with Crippen molar-refractivity contribution in [2.75, 3.05) is 13.1 Å². The molecule has 1 unspecified atom stereocenters. The number of hydrogen-bond acceptors (Lipinski definition) is 1. The van der Waals surface area contributed by atoms with Crippen LogP contribution in [0.15, 0.2) is 18.2 Å². The second-order valence-electron chi connectivity index (χ2n) is 4.52.